The van der Waals surface area contributed by atoms with Crippen molar-refractivity contribution in [3.05, 3.63) is 21.9 Å². The average Bonchev–Trinajstić information content (AvgIpc) is 2.64. The number of carbonyl (C=O) groups excluding carboxylic acids is 1. The number of hydrogen-bond donors (Lipinski definition) is 0. The summed E-state index contributed by atoms with van der Waals surface area (Å²) in [5, 5.41) is 2.00. The SMILES string of the molecule is Cc1ccsc1C(=O)C1CSCCN1C. The summed E-state index contributed by atoms with van der Waals surface area (Å²) >= 11 is 3.45. The van der Waals surface area contributed by atoms with E-state index >= 15 is 0 Å². The molecule has 2 rings (SSSR count). The van der Waals surface area contributed by atoms with Crippen LogP contribution in [0.1, 0.15) is 15.2 Å². The zero-order chi connectivity index (χ0) is 10.8. The van der Waals surface area contributed by atoms with Crippen molar-refractivity contribution in [3.8, 4) is 0 Å². The maximum absolute atomic E-state index is 12.2. The third kappa shape index (κ3) is 2.27. The van der Waals surface area contributed by atoms with Crippen LogP contribution >= 0.6 is 23.1 Å². The summed E-state index contributed by atoms with van der Waals surface area (Å²) in [6, 6.07) is 2.11. The molecule has 0 bridgehead atoms. The molecule has 1 fully saturated rings. The molecule has 1 saturated heterocycles. The minimum absolute atomic E-state index is 0.0844. The van der Waals surface area contributed by atoms with E-state index in [4.69, 9.17) is 0 Å². The molecule has 0 aromatic carbocycles. The largest absolute Gasteiger partial charge is 0.295 e. The zero-order valence-electron chi connectivity index (χ0n) is 9.03. The molecule has 1 aromatic rings. The van der Waals surface area contributed by atoms with E-state index in [1.165, 1.54) is 0 Å². The highest BCUT2D eigenvalue weighted by molar-refractivity contribution is 7.99. The highest BCUT2D eigenvalue weighted by Crippen LogP contribution is 2.23. The van der Waals surface area contributed by atoms with Crippen LogP contribution in [0.3, 0.4) is 0 Å². The van der Waals surface area contributed by atoms with Crippen LogP contribution in [0.15, 0.2) is 11.4 Å². The molecule has 0 saturated carbocycles. The number of likely N-dealkylation sites (N-methyl/N-ethyl adjacent to an activating group) is 1. The lowest BCUT2D eigenvalue weighted by molar-refractivity contribution is 0.0878. The van der Waals surface area contributed by atoms with Crippen LogP contribution in [0, 0.1) is 6.92 Å². The molecule has 2 heterocycles. The first-order valence-electron chi connectivity index (χ1n) is 5.06. The average molecular weight is 241 g/mol. The van der Waals surface area contributed by atoms with Gasteiger partial charge in [0, 0.05) is 18.1 Å². The predicted octanol–water partition coefficient (Wildman–Crippen LogP) is 2.29. The third-order valence-corrected chi connectivity index (χ3v) is 4.84. The topological polar surface area (TPSA) is 20.3 Å². The third-order valence-electron chi connectivity index (χ3n) is 2.78. The number of ketones is 1. The summed E-state index contributed by atoms with van der Waals surface area (Å²) in [4.78, 5) is 15.4. The van der Waals surface area contributed by atoms with Crippen LogP contribution in [0.5, 0.6) is 0 Å². The van der Waals surface area contributed by atoms with E-state index in [9.17, 15) is 4.79 Å². The maximum atomic E-state index is 12.2. The molecule has 0 radical (unpaired) electrons. The minimum atomic E-state index is 0.0844. The van der Waals surface area contributed by atoms with Crippen molar-refractivity contribution in [2.24, 2.45) is 0 Å². The number of hydrogen-bond acceptors (Lipinski definition) is 4. The normalized spacial score (nSPS) is 22.9. The van der Waals surface area contributed by atoms with Gasteiger partial charge in [0.1, 0.15) is 0 Å². The van der Waals surface area contributed by atoms with Gasteiger partial charge in [-0.3, -0.25) is 9.69 Å². The molecule has 1 atom stereocenters. The van der Waals surface area contributed by atoms with Crippen LogP contribution in [0.2, 0.25) is 0 Å². The molecule has 0 aliphatic carbocycles. The van der Waals surface area contributed by atoms with Crippen LogP contribution in [0.4, 0.5) is 0 Å². The molecular weight excluding hydrogens is 226 g/mol. The molecule has 82 valence electrons. The Morgan fingerprint density at radius 3 is 3.00 bits per heavy atom. The number of carbonyl (C=O) groups is 1. The van der Waals surface area contributed by atoms with Gasteiger partial charge in [-0.1, -0.05) is 0 Å². The van der Waals surface area contributed by atoms with Gasteiger partial charge in [0.15, 0.2) is 5.78 Å². The molecule has 15 heavy (non-hydrogen) atoms. The standard InChI is InChI=1S/C11H15NOS2/c1-8-3-5-15-11(8)10(13)9-7-14-6-4-12(9)2/h3,5,9H,4,6-7H2,1-2H3. The van der Waals surface area contributed by atoms with Gasteiger partial charge in [-0.2, -0.15) is 11.8 Å². The molecular formula is C11H15NOS2. The summed E-state index contributed by atoms with van der Waals surface area (Å²) in [6.07, 6.45) is 0. The fourth-order valence-electron chi connectivity index (χ4n) is 1.74. The van der Waals surface area contributed by atoms with Crippen molar-refractivity contribution in [3.63, 3.8) is 0 Å². The Bertz CT molecular complexity index is 361. The van der Waals surface area contributed by atoms with Gasteiger partial charge < -0.3 is 0 Å². The Morgan fingerprint density at radius 1 is 1.60 bits per heavy atom. The highest BCUT2D eigenvalue weighted by atomic mass is 32.2. The second-order valence-electron chi connectivity index (χ2n) is 3.87. The first-order valence-corrected chi connectivity index (χ1v) is 7.10. The van der Waals surface area contributed by atoms with E-state index in [0.717, 1.165) is 28.5 Å². The monoisotopic (exact) mass is 241 g/mol. The smallest absolute Gasteiger partial charge is 0.190 e. The lowest BCUT2D eigenvalue weighted by Gasteiger charge is -2.30. The van der Waals surface area contributed by atoms with E-state index in [2.05, 4.69) is 4.90 Å². The summed E-state index contributed by atoms with van der Waals surface area (Å²) in [5.41, 5.74) is 1.12. The van der Waals surface area contributed by atoms with Gasteiger partial charge in [-0.15, -0.1) is 11.3 Å². The van der Waals surface area contributed by atoms with Crippen molar-refractivity contribution in [1.82, 2.24) is 4.90 Å². The van der Waals surface area contributed by atoms with Crippen molar-refractivity contribution >= 4 is 28.9 Å². The predicted molar refractivity (Wildman–Crippen MR) is 67.1 cm³/mol. The Kier molecular flexibility index (Phi) is 3.49. The van der Waals surface area contributed by atoms with E-state index in [1.54, 1.807) is 11.3 Å². The Labute approximate surface area is 98.7 Å². The number of thiophene rings is 1. The number of aryl methyl sites for hydroxylation is 1. The van der Waals surface area contributed by atoms with Crippen molar-refractivity contribution in [2.45, 2.75) is 13.0 Å². The van der Waals surface area contributed by atoms with Crippen LogP contribution in [-0.2, 0) is 0 Å². The molecule has 0 spiro atoms. The summed E-state index contributed by atoms with van der Waals surface area (Å²) < 4.78 is 0. The van der Waals surface area contributed by atoms with Gasteiger partial charge in [0.2, 0.25) is 0 Å². The van der Waals surface area contributed by atoms with Crippen molar-refractivity contribution < 1.29 is 4.79 Å². The lowest BCUT2D eigenvalue weighted by Crippen LogP contribution is -2.44. The Balaban J connectivity index is 2.17. The number of rotatable bonds is 2. The zero-order valence-corrected chi connectivity index (χ0v) is 10.7. The summed E-state index contributed by atoms with van der Waals surface area (Å²) in [7, 11) is 2.05. The fourth-order valence-corrected chi connectivity index (χ4v) is 3.87. The van der Waals surface area contributed by atoms with E-state index in [-0.39, 0.29) is 6.04 Å². The fraction of sp³-hybridized carbons (Fsp3) is 0.545. The summed E-state index contributed by atoms with van der Waals surface area (Å²) in [6.45, 7) is 3.03. The minimum Gasteiger partial charge on any atom is -0.295 e. The quantitative estimate of drug-likeness (QED) is 0.741. The van der Waals surface area contributed by atoms with Gasteiger partial charge in [-0.25, -0.2) is 0 Å². The van der Waals surface area contributed by atoms with Gasteiger partial charge in [0.25, 0.3) is 0 Å². The maximum Gasteiger partial charge on any atom is 0.190 e. The Morgan fingerprint density at radius 2 is 2.40 bits per heavy atom. The van der Waals surface area contributed by atoms with Crippen LogP contribution in [0.25, 0.3) is 0 Å². The molecule has 2 nitrogen and oxygen atoms in total. The second kappa shape index (κ2) is 4.68. The lowest BCUT2D eigenvalue weighted by atomic mass is 10.1. The van der Waals surface area contributed by atoms with Gasteiger partial charge >= 0.3 is 0 Å². The Hall–Kier alpha value is -0.320. The number of nitrogens with zero attached hydrogens (tertiary/aromatic N) is 1. The van der Waals surface area contributed by atoms with Gasteiger partial charge in [-0.05, 0) is 31.0 Å². The van der Waals surface area contributed by atoms with Gasteiger partial charge in [0.05, 0.1) is 10.9 Å². The van der Waals surface area contributed by atoms with Crippen LogP contribution in [-0.4, -0.2) is 41.8 Å². The molecule has 1 aromatic heterocycles. The van der Waals surface area contributed by atoms with Crippen molar-refractivity contribution in [1.29, 1.82) is 0 Å². The molecule has 1 unspecified atom stereocenters. The first-order chi connectivity index (χ1) is 7.20. The number of Topliss-reactive ketones (excluding diaryl/α,β-unsaturated/α-hetero) is 1. The van der Waals surface area contributed by atoms with E-state index < -0.39 is 0 Å². The highest BCUT2D eigenvalue weighted by Gasteiger charge is 2.28. The molecule has 1 aliphatic rings. The first kappa shape index (κ1) is 11.2. The van der Waals surface area contributed by atoms with Crippen LogP contribution < -0.4 is 0 Å². The van der Waals surface area contributed by atoms with E-state index in [1.807, 2.05) is 37.2 Å². The molecule has 4 heteroatoms. The van der Waals surface area contributed by atoms with E-state index in [0.29, 0.717) is 5.78 Å². The molecule has 0 amide bonds. The summed E-state index contributed by atoms with van der Waals surface area (Å²) in [5.74, 6) is 2.38. The second-order valence-corrected chi connectivity index (χ2v) is 5.93. The van der Waals surface area contributed by atoms with Crippen molar-refractivity contribution in [2.75, 3.05) is 25.1 Å². The molecule has 0 N–H and O–H groups in total. The number of thioether (sulfide) groups is 1. The molecule has 1 aliphatic heterocycles.